The minimum Gasteiger partial charge on any atom is -0.345 e. The molecule has 1 amide bonds. The Labute approximate surface area is 152 Å². The molecule has 2 aromatic rings. The van der Waals surface area contributed by atoms with Crippen molar-refractivity contribution in [3.8, 4) is 0 Å². The quantitative estimate of drug-likeness (QED) is 0.847. The summed E-state index contributed by atoms with van der Waals surface area (Å²) in [6.07, 6.45) is 0.616. The molecule has 1 aliphatic rings. The zero-order valence-electron chi connectivity index (χ0n) is 13.3. The van der Waals surface area contributed by atoms with E-state index in [1.807, 2.05) is 0 Å². The molecule has 0 fully saturated rings. The van der Waals surface area contributed by atoms with Crippen molar-refractivity contribution < 1.29 is 26.4 Å². The maximum absolute atomic E-state index is 13.9. The van der Waals surface area contributed by atoms with E-state index in [2.05, 4.69) is 5.32 Å². The molecule has 1 atom stereocenters. The van der Waals surface area contributed by atoms with Crippen LogP contribution in [0.4, 0.5) is 13.2 Å². The summed E-state index contributed by atoms with van der Waals surface area (Å²) in [5.41, 5.74) is 0.820. The average Bonchev–Trinajstić information content (AvgIpc) is 2.62. The maximum Gasteiger partial charge on any atom is 0.341 e. The highest BCUT2D eigenvalue weighted by molar-refractivity contribution is 7.99. The molecule has 1 aliphatic heterocycles. The van der Waals surface area contributed by atoms with Crippen molar-refractivity contribution in [2.75, 3.05) is 5.75 Å². The summed E-state index contributed by atoms with van der Waals surface area (Å²) in [7, 11) is -4.70. The molecule has 3 rings (SSSR count). The summed E-state index contributed by atoms with van der Waals surface area (Å²) in [6.45, 7) is 0. The van der Waals surface area contributed by atoms with Crippen LogP contribution in [0.5, 0.6) is 0 Å². The van der Waals surface area contributed by atoms with Crippen molar-refractivity contribution in [3.05, 3.63) is 59.4 Å². The Morgan fingerprint density at radius 2 is 1.85 bits per heavy atom. The molecular formula is C17H14F3NO3S2. The van der Waals surface area contributed by atoms with Gasteiger partial charge < -0.3 is 5.32 Å². The molecule has 2 aromatic carbocycles. The number of amides is 1. The lowest BCUT2D eigenvalue weighted by Gasteiger charge is -2.26. The minimum atomic E-state index is -4.70. The number of rotatable bonds is 4. The van der Waals surface area contributed by atoms with Gasteiger partial charge in [-0.2, -0.15) is 8.78 Å². The van der Waals surface area contributed by atoms with Crippen LogP contribution in [0.2, 0.25) is 0 Å². The molecule has 0 saturated carbocycles. The van der Waals surface area contributed by atoms with Crippen molar-refractivity contribution >= 4 is 27.5 Å². The Bertz CT molecular complexity index is 931. The van der Waals surface area contributed by atoms with E-state index >= 15 is 0 Å². The number of benzene rings is 2. The number of hydrogen-bond acceptors (Lipinski definition) is 4. The van der Waals surface area contributed by atoms with Crippen LogP contribution >= 0.6 is 11.8 Å². The highest BCUT2D eigenvalue weighted by Crippen LogP contribution is 2.37. The second kappa shape index (κ2) is 7.32. The van der Waals surface area contributed by atoms with Gasteiger partial charge in [-0.15, -0.1) is 11.8 Å². The number of nitrogens with one attached hydrogen (secondary N) is 1. The molecule has 9 heteroatoms. The molecular weight excluding hydrogens is 387 g/mol. The van der Waals surface area contributed by atoms with Gasteiger partial charge in [0.15, 0.2) is 0 Å². The zero-order chi connectivity index (χ0) is 18.9. The van der Waals surface area contributed by atoms with Crippen LogP contribution in [-0.4, -0.2) is 25.8 Å². The molecule has 0 aliphatic carbocycles. The molecule has 0 saturated heterocycles. The fourth-order valence-corrected chi connectivity index (χ4v) is 4.54. The largest absolute Gasteiger partial charge is 0.345 e. The number of alkyl halides is 2. The lowest BCUT2D eigenvalue weighted by molar-refractivity contribution is 0.0934. The van der Waals surface area contributed by atoms with Crippen molar-refractivity contribution in [1.82, 2.24) is 5.32 Å². The fourth-order valence-electron chi connectivity index (χ4n) is 2.68. The van der Waals surface area contributed by atoms with Crippen LogP contribution < -0.4 is 5.32 Å². The van der Waals surface area contributed by atoms with Crippen LogP contribution in [0.15, 0.2) is 52.3 Å². The Morgan fingerprint density at radius 1 is 1.15 bits per heavy atom. The van der Waals surface area contributed by atoms with Crippen molar-refractivity contribution in [2.24, 2.45) is 0 Å². The zero-order valence-corrected chi connectivity index (χ0v) is 14.9. The maximum atomic E-state index is 13.9. The Kier molecular flexibility index (Phi) is 5.29. The van der Waals surface area contributed by atoms with E-state index in [0.29, 0.717) is 22.6 Å². The number of carbonyl (C=O) groups excluding carboxylic acids is 1. The molecule has 0 radical (unpaired) electrons. The third kappa shape index (κ3) is 3.59. The van der Waals surface area contributed by atoms with Gasteiger partial charge in [-0.05, 0) is 42.3 Å². The van der Waals surface area contributed by atoms with E-state index in [4.69, 9.17) is 0 Å². The SMILES string of the molecule is O=C(NC1CCSc2c(F)cccc21)c1ccc(S(=O)(=O)C(F)F)cc1. The third-order valence-corrected chi connectivity index (χ3v) is 6.57. The first kappa shape index (κ1) is 18.8. The van der Waals surface area contributed by atoms with E-state index in [-0.39, 0.29) is 17.4 Å². The summed E-state index contributed by atoms with van der Waals surface area (Å²) in [5.74, 6) is -3.70. The predicted octanol–water partition coefficient (Wildman–Crippen LogP) is 3.79. The van der Waals surface area contributed by atoms with Gasteiger partial charge in [0, 0.05) is 16.2 Å². The van der Waals surface area contributed by atoms with E-state index in [0.717, 1.165) is 12.1 Å². The van der Waals surface area contributed by atoms with Gasteiger partial charge in [-0.3, -0.25) is 4.79 Å². The number of halogens is 3. The van der Waals surface area contributed by atoms with E-state index < -0.39 is 26.4 Å². The van der Waals surface area contributed by atoms with Crippen molar-refractivity contribution in [1.29, 1.82) is 0 Å². The Morgan fingerprint density at radius 3 is 2.50 bits per heavy atom. The first-order chi connectivity index (χ1) is 12.3. The first-order valence-corrected chi connectivity index (χ1v) is 10.2. The second-order valence-corrected chi connectivity index (χ2v) is 8.67. The molecule has 1 N–H and O–H groups in total. The monoisotopic (exact) mass is 401 g/mol. The van der Waals surface area contributed by atoms with Crippen LogP contribution in [0.1, 0.15) is 28.4 Å². The lowest BCUT2D eigenvalue weighted by Crippen LogP contribution is -2.30. The first-order valence-electron chi connectivity index (χ1n) is 7.65. The molecule has 26 heavy (non-hydrogen) atoms. The molecule has 0 aromatic heterocycles. The highest BCUT2D eigenvalue weighted by Gasteiger charge is 2.27. The van der Waals surface area contributed by atoms with Crippen LogP contribution in [0.3, 0.4) is 0 Å². The average molecular weight is 401 g/mol. The number of thioether (sulfide) groups is 1. The van der Waals surface area contributed by atoms with Crippen LogP contribution in [0, 0.1) is 5.82 Å². The van der Waals surface area contributed by atoms with E-state index in [1.54, 1.807) is 12.1 Å². The van der Waals surface area contributed by atoms with Gasteiger partial charge >= 0.3 is 5.76 Å². The van der Waals surface area contributed by atoms with Crippen molar-refractivity contribution in [3.63, 3.8) is 0 Å². The summed E-state index contributed by atoms with van der Waals surface area (Å²) in [6, 6.07) is 8.60. The minimum absolute atomic E-state index is 0.134. The molecule has 0 spiro atoms. The van der Waals surface area contributed by atoms with Crippen LogP contribution in [-0.2, 0) is 9.84 Å². The van der Waals surface area contributed by atoms with Gasteiger partial charge in [-0.25, -0.2) is 12.8 Å². The number of sulfone groups is 1. The van der Waals surface area contributed by atoms with E-state index in [9.17, 15) is 26.4 Å². The summed E-state index contributed by atoms with van der Waals surface area (Å²) >= 11 is 1.39. The van der Waals surface area contributed by atoms with Gasteiger partial charge in [0.25, 0.3) is 5.91 Å². The summed E-state index contributed by atoms with van der Waals surface area (Å²) < 4.78 is 61.8. The molecule has 1 heterocycles. The smallest absolute Gasteiger partial charge is 0.341 e. The highest BCUT2D eigenvalue weighted by atomic mass is 32.2. The number of fused-ring (bicyclic) bond motifs is 1. The van der Waals surface area contributed by atoms with Gasteiger partial charge in [-0.1, -0.05) is 12.1 Å². The lowest BCUT2D eigenvalue weighted by atomic mass is 10.0. The molecule has 0 bridgehead atoms. The molecule has 4 nitrogen and oxygen atoms in total. The predicted molar refractivity (Wildman–Crippen MR) is 91.6 cm³/mol. The molecule has 138 valence electrons. The van der Waals surface area contributed by atoms with Gasteiger partial charge in [0.2, 0.25) is 9.84 Å². The fraction of sp³-hybridized carbons (Fsp3) is 0.235. The normalized spacial score (nSPS) is 17.0. The van der Waals surface area contributed by atoms with Crippen LogP contribution in [0.25, 0.3) is 0 Å². The third-order valence-electron chi connectivity index (χ3n) is 4.01. The van der Waals surface area contributed by atoms with E-state index in [1.165, 1.54) is 30.0 Å². The summed E-state index contributed by atoms with van der Waals surface area (Å²) in [4.78, 5) is 12.3. The number of carbonyl (C=O) groups is 1. The standard InChI is InChI=1S/C17H14F3NO3S2/c18-13-3-1-2-12-14(8-9-25-15(12)13)21-16(22)10-4-6-11(7-5-10)26(23,24)17(19)20/h1-7,14,17H,8-9H2,(H,21,22). The Balaban J connectivity index is 1.79. The van der Waals surface area contributed by atoms with Crippen molar-refractivity contribution in [2.45, 2.75) is 28.0 Å². The Hall–Kier alpha value is -2.00. The van der Waals surface area contributed by atoms with Gasteiger partial charge in [0.1, 0.15) is 5.82 Å². The molecule has 1 unspecified atom stereocenters. The second-order valence-electron chi connectivity index (χ2n) is 5.65. The topological polar surface area (TPSA) is 63.2 Å². The summed E-state index contributed by atoms with van der Waals surface area (Å²) in [5, 5.41) is 2.78. The number of hydrogen-bond donors (Lipinski definition) is 1. The van der Waals surface area contributed by atoms with Gasteiger partial charge in [0.05, 0.1) is 10.9 Å².